The molecule has 5 rings (SSSR count). The average molecular weight is 505 g/mol. The van der Waals surface area contributed by atoms with E-state index in [0.29, 0.717) is 11.3 Å². The zero-order valence-electron chi connectivity index (χ0n) is 20.0. The molecule has 0 unspecified atom stereocenters. The zero-order chi connectivity index (χ0) is 25.4. The number of carbonyl (C=O) groups excluding carboxylic acids is 1. The lowest BCUT2D eigenvalue weighted by Gasteiger charge is -2.34. The highest BCUT2D eigenvalue weighted by atomic mass is 32.2. The molecule has 36 heavy (non-hydrogen) atoms. The van der Waals surface area contributed by atoms with Crippen LogP contribution in [0.25, 0.3) is 22.2 Å². The fraction of sp³-hybridized carbons (Fsp3) is 0.222. The van der Waals surface area contributed by atoms with Gasteiger partial charge < -0.3 is 4.90 Å². The predicted octanol–water partition coefficient (Wildman–Crippen LogP) is 4.20. The van der Waals surface area contributed by atoms with E-state index in [-0.39, 0.29) is 37.0 Å². The third-order valence-corrected chi connectivity index (χ3v) is 8.33. The third kappa shape index (κ3) is 4.47. The predicted molar refractivity (Wildman–Crippen MR) is 136 cm³/mol. The Bertz CT molecular complexity index is 1550. The maximum absolute atomic E-state index is 13.8. The van der Waals surface area contributed by atoms with E-state index in [2.05, 4.69) is 4.98 Å². The Kier molecular flexibility index (Phi) is 6.27. The molecule has 1 aliphatic heterocycles. The normalized spacial score (nSPS) is 14.8. The van der Waals surface area contributed by atoms with Crippen LogP contribution in [0.1, 0.15) is 21.5 Å². The largest absolute Gasteiger partial charge is 0.336 e. The summed E-state index contributed by atoms with van der Waals surface area (Å²) in [4.78, 5) is 24.5. The van der Waals surface area contributed by atoms with E-state index in [9.17, 15) is 17.6 Å². The van der Waals surface area contributed by atoms with E-state index in [0.717, 1.165) is 39.7 Å². The van der Waals surface area contributed by atoms with Crippen LogP contribution in [-0.2, 0) is 10.0 Å². The second kappa shape index (κ2) is 9.40. The number of carbonyl (C=O) groups is 1. The van der Waals surface area contributed by atoms with Crippen molar-refractivity contribution in [2.75, 3.05) is 26.2 Å². The van der Waals surface area contributed by atoms with Crippen LogP contribution in [0.3, 0.4) is 0 Å². The molecule has 1 aliphatic rings. The minimum atomic E-state index is -3.77. The SMILES string of the molecule is Cc1cc(C)c2nc(-c3cccnc3)cc(C(=O)N3CCN(S(=O)(=O)c4ccc(F)cc4)CC3)c2c1. The summed E-state index contributed by atoms with van der Waals surface area (Å²) in [7, 11) is -3.77. The molecule has 3 heterocycles. The number of piperazine rings is 1. The summed E-state index contributed by atoms with van der Waals surface area (Å²) in [5.41, 5.74) is 4.75. The number of nitrogens with zero attached hydrogens (tertiary/aromatic N) is 4. The summed E-state index contributed by atoms with van der Waals surface area (Å²) in [5.74, 6) is -0.665. The van der Waals surface area contributed by atoms with Crippen molar-refractivity contribution in [3.8, 4) is 11.3 Å². The lowest BCUT2D eigenvalue weighted by Crippen LogP contribution is -2.50. The summed E-state index contributed by atoms with van der Waals surface area (Å²) < 4.78 is 40.6. The molecule has 0 bridgehead atoms. The van der Waals surface area contributed by atoms with Gasteiger partial charge in [0.15, 0.2) is 0 Å². The molecule has 0 spiro atoms. The van der Waals surface area contributed by atoms with Crippen LogP contribution < -0.4 is 0 Å². The van der Waals surface area contributed by atoms with Crippen molar-refractivity contribution in [2.24, 2.45) is 0 Å². The first kappa shape index (κ1) is 24.0. The van der Waals surface area contributed by atoms with Crippen LogP contribution in [0.4, 0.5) is 4.39 Å². The molecular formula is C27H25FN4O3S. The molecule has 1 amide bonds. The Morgan fingerprint density at radius 2 is 1.69 bits per heavy atom. The quantitative estimate of drug-likeness (QED) is 0.416. The molecule has 0 atom stereocenters. The number of hydrogen-bond acceptors (Lipinski definition) is 5. The molecule has 0 saturated carbocycles. The molecule has 4 aromatic rings. The number of pyridine rings is 2. The number of fused-ring (bicyclic) bond motifs is 1. The third-order valence-electron chi connectivity index (χ3n) is 6.41. The fourth-order valence-corrected chi connectivity index (χ4v) is 6.00. The average Bonchev–Trinajstić information content (AvgIpc) is 2.88. The van der Waals surface area contributed by atoms with Gasteiger partial charge in [-0.3, -0.25) is 9.78 Å². The molecule has 2 aromatic heterocycles. The van der Waals surface area contributed by atoms with Crippen LogP contribution in [0, 0.1) is 19.7 Å². The Hall–Kier alpha value is -3.69. The molecule has 2 aromatic carbocycles. The summed E-state index contributed by atoms with van der Waals surface area (Å²) in [5, 5.41) is 0.770. The Morgan fingerprint density at radius 1 is 0.972 bits per heavy atom. The lowest BCUT2D eigenvalue weighted by atomic mass is 9.99. The maximum Gasteiger partial charge on any atom is 0.254 e. The Balaban J connectivity index is 1.46. The van der Waals surface area contributed by atoms with E-state index in [1.165, 1.54) is 16.4 Å². The number of aromatic nitrogens is 2. The monoisotopic (exact) mass is 504 g/mol. The fourth-order valence-electron chi connectivity index (χ4n) is 4.58. The van der Waals surface area contributed by atoms with E-state index in [1.54, 1.807) is 23.4 Å². The first-order valence-corrected chi connectivity index (χ1v) is 13.1. The Morgan fingerprint density at radius 3 is 2.36 bits per heavy atom. The molecule has 0 N–H and O–H groups in total. The van der Waals surface area contributed by atoms with Gasteiger partial charge in [-0.25, -0.2) is 17.8 Å². The number of sulfonamides is 1. The van der Waals surface area contributed by atoms with Crippen LogP contribution in [0.5, 0.6) is 0 Å². The van der Waals surface area contributed by atoms with Crippen molar-refractivity contribution in [1.29, 1.82) is 0 Å². The molecule has 9 heteroatoms. The summed E-state index contributed by atoms with van der Waals surface area (Å²) in [6, 6.07) is 14.3. The van der Waals surface area contributed by atoms with E-state index in [4.69, 9.17) is 4.98 Å². The number of benzene rings is 2. The number of amides is 1. The second-order valence-electron chi connectivity index (χ2n) is 8.92. The van der Waals surface area contributed by atoms with Crippen molar-refractivity contribution in [3.63, 3.8) is 0 Å². The van der Waals surface area contributed by atoms with Crippen molar-refractivity contribution < 1.29 is 17.6 Å². The zero-order valence-corrected chi connectivity index (χ0v) is 20.8. The molecule has 0 aliphatic carbocycles. The first-order chi connectivity index (χ1) is 17.2. The van der Waals surface area contributed by atoms with Crippen molar-refractivity contribution in [1.82, 2.24) is 19.2 Å². The second-order valence-corrected chi connectivity index (χ2v) is 10.9. The number of aryl methyl sites for hydroxylation is 2. The summed E-state index contributed by atoms with van der Waals surface area (Å²) in [6.45, 7) is 4.76. The van der Waals surface area contributed by atoms with Gasteiger partial charge in [-0.1, -0.05) is 11.6 Å². The molecule has 0 radical (unpaired) electrons. The smallest absolute Gasteiger partial charge is 0.254 e. The van der Waals surface area contributed by atoms with Crippen molar-refractivity contribution in [3.05, 3.63) is 89.5 Å². The van der Waals surface area contributed by atoms with Crippen molar-refractivity contribution in [2.45, 2.75) is 18.7 Å². The number of rotatable bonds is 4. The van der Waals surface area contributed by atoms with Gasteiger partial charge >= 0.3 is 0 Å². The highest BCUT2D eigenvalue weighted by Gasteiger charge is 2.31. The van der Waals surface area contributed by atoms with Gasteiger partial charge in [-0.2, -0.15) is 4.31 Å². The van der Waals surface area contributed by atoms with Crippen LogP contribution in [0.15, 0.2) is 71.9 Å². The van der Waals surface area contributed by atoms with Crippen LogP contribution in [-0.4, -0.2) is 59.7 Å². The van der Waals surface area contributed by atoms with Crippen LogP contribution >= 0.6 is 0 Å². The molecule has 1 saturated heterocycles. The van der Waals surface area contributed by atoms with E-state index >= 15 is 0 Å². The maximum atomic E-state index is 13.8. The van der Waals surface area contributed by atoms with Gasteiger partial charge in [0.25, 0.3) is 5.91 Å². The standard InChI is InChI=1S/C27H25FN4O3S/c1-18-14-19(2)26-23(15-18)24(16-25(30-26)20-4-3-9-29-17-20)27(33)31-10-12-32(13-11-31)36(34,35)22-7-5-21(28)6-8-22/h3-9,14-17H,10-13H2,1-2H3. The van der Waals surface area contributed by atoms with Gasteiger partial charge in [0.05, 0.1) is 21.7 Å². The Labute approximate surface area is 209 Å². The van der Waals surface area contributed by atoms with Gasteiger partial charge in [0, 0.05) is 49.5 Å². The van der Waals surface area contributed by atoms with Gasteiger partial charge in [-0.05, 0) is 67.9 Å². The lowest BCUT2D eigenvalue weighted by molar-refractivity contribution is 0.0700. The minimum absolute atomic E-state index is 0.0378. The highest BCUT2D eigenvalue weighted by Crippen LogP contribution is 2.29. The minimum Gasteiger partial charge on any atom is -0.336 e. The van der Waals surface area contributed by atoms with Gasteiger partial charge in [0.1, 0.15) is 5.82 Å². The number of hydrogen-bond donors (Lipinski definition) is 0. The van der Waals surface area contributed by atoms with Crippen molar-refractivity contribution >= 4 is 26.8 Å². The topological polar surface area (TPSA) is 83.5 Å². The van der Waals surface area contributed by atoms with Gasteiger partial charge in [0.2, 0.25) is 10.0 Å². The highest BCUT2D eigenvalue weighted by molar-refractivity contribution is 7.89. The first-order valence-electron chi connectivity index (χ1n) is 11.6. The van der Waals surface area contributed by atoms with E-state index < -0.39 is 15.8 Å². The van der Waals surface area contributed by atoms with Gasteiger partial charge in [-0.15, -0.1) is 0 Å². The molecular weight excluding hydrogens is 479 g/mol. The summed E-state index contributed by atoms with van der Waals surface area (Å²) in [6.07, 6.45) is 3.40. The molecule has 1 fully saturated rings. The molecule has 7 nitrogen and oxygen atoms in total. The van der Waals surface area contributed by atoms with Crippen LogP contribution in [0.2, 0.25) is 0 Å². The number of halogens is 1. The van der Waals surface area contributed by atoms with E-state index in [1.807, 2.05) is 38.1 Å². The summed E-state index contributed by atoms with van der Waals surface area (Å²) >= 11 is 0. The molecule has 184 valence electrons.